The SMILES string of the molecule is CC(C)Cc1ccc(C(=O)C2CCN(C(=O)C3COCCN3)CC2)cc1.Cl. The lowest BCUT2D eigenvalue weighted by Crippen LogP contribution is -2.54. The number of morpholine rings is 1. The molecule has 27 heavy (non-hydrogen) atoms. The van der Waals surface area contributed by atoms with Crippen LogP contribution in [0.4, 0.5) is 0 Å². The van der Waals surface area contributed by atoms with Gasteiger partial charge in [-0.3, -0.25) is 9.59 Å². The van der Waals surface area contributed by atoms with Crippen LogP contribution >= 0.6 is 12.4 Å². The van der Waals surface area contributed by atoms with Crippen molar-refractivity contribution in [2.75, 3.05) is 32.8 Å². The highest BCUT2D eigenvalue weighted by Gasteiger charge is 2.31. The molecule has 2 aliphatic heterocycles. The zero-order chi connectivity index (χ0) is 18.5. The average Bonchev–Trinajstić information content (AvgIpc) is 2.68. The van der Waals surface area contributed by atoms with Gasteiger partial charge >= 0.3 is 0 Å². The molecule has 0 spiro atoms. The lowest BCUT2D eigenvalue weighted by Gasteiger charge is -2.35. The molecule has 1 N–H and O–H groups in total. The summed E-state index contributed by atoms with van der Waals surface area (Å²) in [6.07, 6.45) is 2.52. The van der Waals surface area contributed by atoms with Gasteiger partial charge in [0, 0.05) is 31.1 Å². The molecule has 1 aromatic carbocycles. The van der Waals surface area contributed by atoms with Gasteiger partial charge in [0.1, 0.15) is 6.04 Å². The van der Waals surface area contributed by atoms with Crippen LogP contribution in [0.1, 0.15) is 42.6 Å². The maximum atomic E-state index is 12.8. The summed E-state index contributed by atoms with van der Waals surface area (Å²) in [4.78, 5) is 27.2. The van der Waals surface area contributed by atoms with Gasteiger partial charge in [-0.05, 0) is 30.7 Å². The number of amides is 1. The molecule has 2 saturated heterocycles. The molecule has 1 amide bonds. The van der Waals surface area contributed by atoms with Crippen molar-refractivity contribution in [1.29, 1.82) is 0 Å². The average molecular weight is 395 g/mol. The molecule has 6 heteroatoms. The van der Waals surface area contributed by atoms with Crippen LogP contribution in [0.25, 0.3) is 0 Å². The highest BCUT2D eigenvalue weighted by molar-refractivity contribution is 5.98. The van der Waals surface area contributed by atoms with Crippen molar-refractivity contribution in [3.63, 3.8) is 0 Å². The fourth-order valence-corrected chi connectivity index (χ4v) is 3.82. The summed E-state index contributed by atoms with van der Waals surface area (Å²) < 4.78 is 5.38. The predicted octanol–water partition coefficient (Wildman–Crippen LogP) is 2.72. The van der Waals surface area contributed by atoms with Crippen molar-refractivity contribution in [1.82, 2.24) is 10.2 Å². The molecule has 5 nitrogen and oxygen atoms in total. The Morgan fingerprint density at radius 1 is 1.19 bits per heavy atom. The Labute approximate surface area is 168 Å². The number of hydrogen-bond donors (Lipinski definition) is 1. The van der Waals surface area contributed by atoms with E-state index in [1.54, 1.807) is 0 Å². The maximum Gasteiger partial charge on any atom is 0.242 e. The largest absolute Gasteiger partial charge is 0.378 e. The van der Waals surface area contributed by atoms with E-state index < -0.39 is 0 Å². The number of ketones is 1. The van der Waals surface area contributed by atoms with E-state index in [9.17, 15) is 9.59 Å². The fraction of sp³-hybridized carbons (Fsp3) is 0.619. The van der Waals surface area contributed by atoms with Gasteiger partial charge in [0.05, 0.1) is 13.2 Å². The molecular weight excluding hydrogens is 364 g/mol. The third-order valence-corrected chi connectivity index (χ3v) is 5.28. The van der Waals surface area contributed by atoms with Gasteiger partial charge in [-0.15, -0.1) is 12.4 Å². The summed E-state index contributed by atoms with van der Waals surface area (Å²) in [7, 11) is 0. The Balaban J connectivity index is 0.00000261. The number of rotatable bonds is 5. The second-order valence-electron chi connectivity index (χ2n) is 7.84. The lowest BCUT2D eigenvalue weighted by molar-refractivity contribution is -0.137. The standard InChI is InChI=1S/C21H30N2O3.ClH/c1-15(2)13-16-3-5-17(6-4-16)20(24)18-7-10-23(11-8-18)21(25)19-14-26-12-9-22-19;/h3-6,15,18-19,22H,7-14H2,1-2H3;1H. The van der Waals surface area contributed by atoms with E-state index in [0.717, 1.165) is 31.4 Å². The van der Waals surface area contributed by atoms with Crippen molar-refractivity contribution >= 4 is 24.1 Å². The van der Waals surface area contributed by atoms with Crippen molar-refractivity contribution in [2.45, 2.75) is 39.2 Å². The van der Waals surface area contributed by atoms with Crippen molar-refractivity contribution in [2.24, 2.45) is 11.8 Å². The van der Waals surface area contributed by atoms with Gasteiger partial charge in [-0.25, -0.2) is 0 Å². The van der Waals surface area contributed by atoms with Gasteiger partial charge in [0.2, 0.25) is 5.91 Å². The molecule has 2 aliphatic rings. The summed E-state index contributed by atoms with van der Waals surface area (Å²) in [6, 6.07) is 7.83. The smallest absolute Gasteiger partial charge is 0.242 e. The molecule has 0 aliphatic carbocycles. The zero-order valence-electron chi connectivity index (χ0n) is 16.3. The molecule has 0 bridgehead atoms. The van der Waals surface area contributed by atoms with Crippen molar-refractivity contribution < 1.29 is 14.3 Å². The number of nitrogens with one attached hydrogen (secondary N) is 1. The van der Waals surface area contributed by atoms with Crippen LogP contribution < -0.4 is 5.32 Å². The number of nitrogens with zero attached hydrogens (tertiary/aromatic N) is 1. The first-order chi connectivity index (χ1) is 12.5. The summed E-state index contributed by atoms with van der Waals surface area (Å²) in [5.41, 5.74) is 2.07. The Morgan fingerprint density at radius 2 is 1.85 bits per heavy atom. The van der Waals surface area contributed by atoms with E-state index in [-0.39, 0.29) is 36.1 Å². The molecule has 1 unspecified atom stereocenters. The van der Waals surface area contributed by atoms with E-state index in [0.29, 0.717) is 32.2 Å². The first-order valence-corrected chi connectivity index (χ1v) is 9.77. The van der Waals surface area contributed by atoms with Gasteiger partial charge in [0.15, 0.2) is 5.78 Å². The molecule has 2 fully saturated rings. The summed E-state index contributed by atoms with van der Waals surface area (Å²) in [5.74, 6) is 0.953. The number of likely N-dealkylation sites (tertiary alicyclic amines) is 1. The highest BCUT2D eigenvalue weighted by atomic mass is 35.5. The number of hydrogen-bond acceptors (Lipinski definition) is 4. The molecular formula is C21H31ClN2O3. The Bertz CT molecular complexity index is 619. The van der Waals surface area contributed by atoms with E-state index in [1.165, 1.54) is 5.56 Å². The minimum Gasteiger partial charge on any atom is -0.378 e. The number of carbonyl (C=O) groups is 2. The lowest BCUT2D eigenvalue weighted by atomic mass is 9.88. The van der Waals surface area contributed by atoms with Crippen LogP contribution in [0.2, 0.25) is 0 Å². The molecule has 3 rings (SSSR count). The maximum absolute atomic E-state index is 12.8. The van der Waals surface area contributed by atoms with Crippen LogP contribution in [0.15, 0.2) is 24.3 Å². The van der Waals surface area contributed by atoms with Crippen LogP contribution in [0.3, 0.4) is 0 Å². The quantitative estimate of drug-likeness (QED) is 0.780. The second kappa shape index (κ2) is 10.2. The van der Waals surface area contributed by atoms with Gasteiger partial charge in [-0.2, -0.15) is 0 Å². The molecule has 0 aromatic heterocycles. The number of benzene rings is 1. The molecule has 1 aromatic rings. The number of carbonyl (C=O) groups excluding carboxylic acids is 2. The van der Waals surface area contributed by atoms with E-state index in [1.807, 2.05) is 17.0 Å². The molecule has 0 radical (unpaired) electrons. The van der Waals surface area contributed by atoms with E-state index in [2.05, 4.69) is 31.3 Å². The summed E-state index contributed by atoms with van der Waals surface area (Å²) in [6.45, 7) is 7.53. The molecule has 150 valence electrons. The minimum absolute atomic E-state index is 0. The monoisotopic (exact) mass is 394 g/mol. The predicted molar refractivity (Wildman–Crippen MR) is 108 cm³/mol. The third kappa shape index (κ3) is 5.77. The summed E-state index contributed by atoms with van der Waals surface area (Å²) in [5, 5.41) is 3.21. The highest BCUT2D eigenvalue weighted by Crippen LogP contribution is 2.23. The Kier molecular flexibility index (Phi) is 8.27. The van der Waals surface area contributed by atoms with Gasteiger partial charge in [0.25, 0.3) is 0 Å². The van der Waals surface area contributed by atoms with E-state index in [4.69, 9.17) is 4.74 Å². The first-order valence-electron chi connectivity index (χ1n) is 9.77. The van der Waals surface area contributed by atoms with Crippen LogP contribution in [-0.4, -0.2) is 55.5 Å². The van der Waals surface area contributed by atoms with Gasteiger partial charge < -0.3 is 15.0 Å². The Morgan fingerprint density at radius 3 is 2.41 bits per heavy atom. The van der Waals surface area contributed by atoms with Crippen LogP contribution in [0, 0.1) is 11.8 Å². The topological polar surface area (TPSA) is 58.6 Å². The third-order valence-electron chi connectivity index (χ3n) is 5.28. The zero-order valence-corrected chi connectivity index (χ0v) is 17.1. The number of Topliss-reactive ketones (excluding diaryl/α,β-unsaturated/α-hetero) is 1. The molecule has 1 atom stereocenters. The Hall–Kier alpha value is -1.43. The fourth-order valence-electron chi connectivity index (χ4n) is 3.82. The minimum atomic E-state index is -0.232. The normalized spacial score (nSPS) is 21.0. The van der Waals surface area contributed by atoms with E-state index >= 15 is 0 Å². The van der Waals surface area contributed by atoms with Crippen molar-refractivity contribution in [3.8, 4) is 0 Å². The first kappa shape index (κ1) is 21.9. The summed E-state index contributed by atoms with van der Waals surface area (Å²) >= 11 is 0. The number of ether oxygens (including phenoxy) is 1. The number of halogens is 1. The molecule has 2 heterocycles. The second-order valence-corrected chi connectivity index (χ2v) is 7.84. The number of piperidine rings is 1. The molecule has 0 saturated carbocycles. The van der Waals surface area contributed by atoms with Crippen molar-refractivity contribution in [3.05, 3.63) is 35.4 Å². The van der Waals surface area contributed by atoms with Crippen LogP contribution in [0.5, 0.6) is 0 Å². The van der Waals surface area contributed by atoms with Crippen LogP contribution in [-0.2, 0) is 16.0 Å². The van der Waals surface area contributed by atoms with Gasteiger partial charge in [-0.1, -0.05) is 38.1 Å².